The van der Waals surface area contributed by atoms with Crippen LogP contribution in [0.4, 0.5) is 0 Å². The molecule has 2 aromatic heterocycles. The second-order valence-electron chi connectivity index (χ2n) is 6.01. The van der Waals surface area contributed by atoms with E-state index < -0.39 is 0 Å². The van der Waals surface area contributed by atoms with Crippen LogP contribution in [0.15, 0.2) is 82.0 Å². The molecule has 1 nitrogen and oxygen atoms in total. The molecule has 0 radical (unpaired) electrons. The molecular formula is C21H12Br2N+. The highest BCUT2D eigenvalue weighted by Crippen LogP contribution is 2.33. The Morgan fingerprint density at radius 1 is 0.583 bits per heavy atom. The standard InChI is InChI=1S/C21H12Br2N/c22-16-5-3-13-1-2-15-8-10-24-9-7-14-4-6-17(23)12-19(14)21(24)20(15)18(13)11-16/h1-12H/q+1. The molecule has 0 aliphatic rings. The number of hydrogen-bond acceptors (Lipinski definition) is 0. The maximum Gasteiger partial charge on any atom is 0.227 e. The van der Waals surface area contributed by atoms with Crippen molar-refractivity contribution in [2.45, 2.75) is 0 Å². The molecule has 0 saturated heterocycles. The zero-order valence-corrected chi connectivity index (χ0v) is 15.8. The van der Waals surface area contributed by atoms with E-state index in [0.29, 0.717) is 0 Å². The fourth-order valence-corrected chi connectivity index (χ4v) is 4.24. The van der Waals surface area contributed by atoms with Gasteiger partial charge in [-0.1, -0.05) is 56.1 Å². The molecule has 0 saturated carbocycles. The van der Waals surface area contributed by atoms with Gasteiger partial charge in [0.2, 0.25) is 5.52 Å². The molecule has 0 aliphatic carbocycles. The number of nitrogens with zero attached hydrogens (tertiary/aromatic N) is 1. The second kappa shape index (κ2) is 5.27. The van der Waals surface area contributed by atoms with Gasteiger partial charge in [-0.15, -0.1) is 0 Å². The van der Waals surface area contributed by atoms with Crippen LogP contribution in [0.1, 0.15) is 0 Å². The highest BCUT2D eigenvalue weighted by molar-refractivity contribution is 9.10. The van der Waals surface area contributed by atoms with Crippen molar-refractivity contribution in [2.75, 3.05) is 0 Å². The zero-order chi connectivity index (χ0) is 16.3. The lowest BCUT2D eigenvalue weighted by atomic mass is 9.99. The summed E-state index contributed by atoms with van der Waals surface area (Å²) in [6, 6.07) is 21.7. The van der Waals surface area contributed by atoms with E-state index in [4.69, 9.17) is 0 Å². The van der Waals surface area contributed by atoms with Gasteiger partial charge >= 0.3 is 0 Å². The minimum atomic E-state index is 1.10. The van der Waals surface area contributed by atoms with Crippen LogP contribution in [-0.4, -0.2) is 0 Å². The van der Waals surface area contributed by atoms with Crippen LogP contribution < -0.4 is 4.40 Å². The lowest BCUT2D eigenvalue weighted by Crippen LogP contribution is -2.20. The number of pyridine rings is 2. The van der Waals surface area contributed by atoms with E-state index in [0.717, 1.165) is 8.95 Å². The first-order chi connectivity index (χ1) is 11.7. The lowest BCUT2D eigenvalue weighted by molar-refractivity contribution is -0.509. The maximum absolute atomic E-state index is 3.63. The third kappa shape index (κ3) is 2.08. The van der Waals surface area contributed by atoms with E-state index in [-0.39, 0.29) is 0 Å². The normalized spacial score (nSPS) is 11.8. The minimum absolute atomic E-state index is 1.10. The Bertz CT molecular complexity index is 1160. The van der Waals surface area contributed by atoms with Gasteiger partial charge in [0.25, 0.3) is 0 Å². The van der Waals surface area contributed by atoms with Gasteiger partial charge in [-0.25, -0.2) is 0 Å². The van der Waals surface area contributed by atoms with Gasteiger partial charge in [0, 0.05) is 21.1 Å². The minimum Gasteiger partial charge on any atom is -0.166 e. The largest absolute Gasteiger partial charge is 0.227 e. The molecule has 0 unspecified atom stereocenters. The molecule has 2 heterocycles. The van der Waals surface area contributed by atoms with Gasteiger partial charge in [-0.2, -0.15) is 4.40 Å². The molecule has 0 fully saturated rings. The fourth-order valence-electron chi connectivity index (χ4n) is 3.51. The summed E-state index contributed by atoms with van der Waals surface area (Å²) >= 11 is 7.26. The Balaban J connectivity index is 2.16. The van der Waals surface area contributed by atoms with E-state index >= 15 is 0 Å². The van der Waals surface area contributed by atoms with E-state index in [1.807, 2.05) is 0 Å². The number of aromatic nitrogens is 1. The predicted octanol–water partition coefficient (Wildman–Crippen LogP) is 6.41. The molecular weight excluding hydrogens is 426 g/mol. The second-order valence-corrected chi connectivity index (χ2v) is 7.85. The van der Waals surface area contributed by atoms with Crippen LogP contribution in [-0.2, 0) is 0 Å². The highest BCUT2D eigenvalue weighted by Gasteiger charge is 2.15. The summed E-state index contributed by atoms with van der Waals surface area (Å²) in [4.78, 5) is 0. The van der Waals surface area contributed by atoms with Crippen molar-refractivity contribution >= 4 is 69.7 Å². The third-order valence-corrected chi connectivity index (χ3v) is 5.60. The first-order valence-corrected chi connectivity index (χ1v) is 9.33. The van der Waals surface area contributed by atoms with Crippen LogP contribution in [0.25, 0.3) is 37.8 Å². The van der Waals surface area contributed by atoms with E-state index in [2.05, 4.69) is 109 Å². The van der Waals surface area contributed by atoms with Crippen LogP contribution in [0.3, 0.4) is 0 Å². The number of fused-ring (bicyclic) bond motifs is 7. The Morgan fingerprint density at radius 3 is 1.88 bits per heavy atom. The SMILES string of the molecule is Brc1ccc2ccc3cc[n+]4ccc5ccc(Br)cc5c4c3c2c1. The maximum atomic E-state index is 3.63. The summed E-state index contributed by atoms with van der Waals surface area (Å²) in [7, 11) is 0. The van der Waals surface area contributed by atoms with Crippen LogP contribution in [0, 0.1) is 0 Å². The molecule has 24 heavy (non-hydrogen) atoms. The molecule has 0 bridgehead atoms. The van der Waals surface area contributed by atoms with Gasteiger partial charge in [0.05, 0.1) is 10.8 Å². The summed E-state index contributed by atoms with van der Waals surface area (Å²) in [5.74, 6) is 0. The monoisotopic (exact) mass is 436 g/mol. The molecule has 0 atom stereocenters. The summed E-state index contributed by atoms with van der Waals surface area (Å²) < 4.78 is 4.42. The van der Waals surface area contributed by atoms with Crippen LogP contribution in [0.2, 0.25) is 0 Å². The van der Waals surface area contributed by atoms with Gasteiger partial charge in [0.15, 0.2) is 12.4 Å². The van der Waals surface area contributed by atoms with Crippen molar-refractivity contribution in [3.05, 3.63) is 82.0 Å². The number of rotatable bonds is 0. The fraction of sp³-hybridized carbons (Fsp3) is 0. The molecule has 5 rings (SSSR count). The van der Waals surface area contributed by atoms with Crippen molar-refractivity contribution in [3.8, 4) is 0 Å². The van der Waals surface area contributed by atoms with Crippen molar-refractivity contribution in [3.63, 3.8) is 0 Å². The van der Waals surface area contributed by atoms with Gasteiger partial charge in [-0.3, -0.25) is 0 Å². The van der Waals surface area contributed by atoms with Crippen LogP contribution in [0.5, 0.6) is 0 Å². The highest BCUT2D eigenvalue weighted by atomic mass is 79.9. The Labute approximate surface area is 155 Å². The Morgan fingerprint density at radius 2 is 1.12 bits per heavy atom. The van der Waals surface area contributed by atoms with Crippen LogP contribution >= 0.6 is 31.9 Å². The van der Waals surface area contributed by atoms with E-state index in [1.54, 1.807) is 0 Å². The summed E-state index contributed by atoms with van der Waals surface area (Å²) in [6.45, 7) is 0. The molecule has 3 aromatic carbocycles. The van der Waals surface area contributed by atoms with Gasteiger partial charge in [-0.05, 0) is 45.8 Å². The van der Waals surface area contributed by atoms with E-state index in [9.17, 15) is 0 Å². The Hall–Kier alpha value is -1.97. The zero-order valence-electron chi connectivity index (χ0n) is 12.6. The smallest absolute Gasteiger partial charge is 0.166 e. The quantitative estimate of drug-likeness (QED) is 0.194. The number of halogens is 2. The summed E-state index contributed by atoms with van der Waals surface area (Å²) in [5, 5.41) is 7.58. The third-order valence-electron chi connectivity index (χ3n) is 4.61. The molecule has 0 amide bonds. The molecule has 114 valence electrons. The number of benzene rings is 3. The summed E-state index contributed by atoms with van der Waals surface area (Å²) in [5.41, 5.74) is 1.25. The average molecular weight is 438 g/mol. The van der Waals surface area contributed by atoms with Crippen molar-refractivity contribution in [2.24, 2.45) is 0 Å². The number of hydrogen-bond donors (Lipinski definition) is 0. The molecule has 0 aliphatic heterocycles. The average Bonchev–Trinajstić information content (AvgIpc) is 2.60. The Kier molecular flexibility index (Phi) is 3.15. The molecule has 0 N–H and O–H groups in total. The molecule has 0 spiro atoms. The molecule has 3 heteroatoms. The predicted molar refractivity (Wildman–Crippen MR) is 108 cm³/mol. The van der Waals surface area contributed by atoms with Gasteiger partial charge < -0.3 is 0 Å². The first-order valence-electron chi connectivity index (χ1n) is 7.75. The first kappa shape index (κ1) is 14.4. The van der Waals surface area contributed by atoms with Crippen molar-refractivity contribution in [1.29, 1.82) is 0 Å². The topological polar surface area (TPSA) is 4.10 Å². The van der Waals surface area contributed by atoms with Crippen molar-refractivity contribution < 1.29 is 4.40 Å². The van der Waals surface area contributed by atoms with E-state index in [1.165, 1.54) is 37.8 Å². The molecule has 5 aromatic rings. The van der Waals surface area contributed by atoms with Gasteiger partial charge in [0.1, 0.15) is 0 Å². The summed E-state index contributed by atoms with van der Waals surface area (Å²) in [6.07, 6.45) is 4.28. The lowest BCUT2D eigenvalue weighted by Gasteiger charge is -2.07. The van der Waals surface area contributed by atoms with Crippen molar-refractivity contribution in [1.82, 2.24) is 0 Å².